The largest absolute Gasteiger partial charge is 0.497 e. The molecule has 2 aromatic rings. The summed E-state index contributed by atoms with van der Waals surface area (Å²) in [4.78, 5) is 12.7. The van der Waals surface area contributed by atoms with Gasteiger partial charge in [0, 0.05) is 28.6 Å². The van der Waals surface area contributed by atoms with Gasteiger partial charge in [-0.1, -0.05) is 32.0 Å². The highest BCUT2D eigenvalue weighted by Gasteiger charge is 2.38. The van der Waals surface area contributed by atoms with E-state index >= 15 is 0 Å². The normalized spacial score (nSPS) is 16.4. The van der Waals surface area contributed by atoms with Crippen LogP contribution in [0.5, 0.6) is 5.75 Å². The van der Waals surface area contributed by atoms with Crippen molar-refractivity contribution in [3.63, 3.8) is 0 Å². The highest BCUT2D eigenvalue weighted by Crippen LogP contribution is 2.43. The number of ether oxygens (including phenoxy) is 1. The predicted molar refractivity (Wildman–Crippen MR) is 102 cm³/mol. The number of nitrogen functional groups attached to an aromatic ring is 1. The number of rotatable bonds is 5. The molecule has 0 spiro atoms. The summed E-state index contributed by atoms with van der Waals surface area (Å²) in [6.07, 6.45) is 3.54. The lowest BCUT2D eigenvalue weighted by atomic mass is 9.85. The van der Waals surface area contributed by atoms with Crippen molar-refractivity contribution >= 4 is 17.2 Å². The summed E-state index contributed by atoms with van der Waals surface area (Å²) >= 11 is 0. The third kappa shape index (κ3) is 3.00. The van der Waals surface area contributed by atoms with Gasteiger partial charge in [-0.3, -0.25) is 4.79 Å². The van der Waals surface area contributed by atoms with Crippen LogP contribution in [0.25, 0.3) is 5.70 Å². The zero-order valence-electron chi connectivity index (χ0n) is 14.9. The Morgan fingerprint density at radius 2 is 1.96 bits per heavy atom. The molecule has 1 aliphatic heterocycles. The average Bonchev–Trinajstić information content (AvgIpc) is 2.95. The van der Waals surface area contributed by atoms with Crippen LogP contribution in [0.3, 0.4) is 0 Å². The smallest absolute Gasteiger partial charge is 0.187 e. The van der Waals surface area contributed by atoms with Gasteiger partial charge in [0.25, 0.3) is 0 Å². The Morgan fingerprint density at radius 1 is 1.20 bits per heavy atom. The Balaban J connectivity index is 2.07. The van der Waals surface area contributed by atoms with E-state index in [1.807, 2.05) is 12.1 Å². The Bertz CT molecular complexity index is 836. The van der Waals surface area contributed by atoms with Gasteiger partial charge >= 0.3 is 0 Å². The van der Waals surface area contributed by atoms with Gasteiger partial charge in [0.1, 0.15) is 5.75 Å². The van der Waals surface area contributed by atoms with Crippen molar-refractivity contribution in [2.75, 3.05) is 12.8 Å². The number of nitrogens with one attached hydrogen (secondary N) is 1. The van der Waals surface area contributed by atoms with Gasteiger partial charge in [-0.2, -0.15) is 0 Å². The van der Waals surface area contributed by atoms with E-state index in [2.05, 4.69) is 25.2 Å². The lowest BCUT2D eigenvalue weighted by Gasteiger charge is -2.28. The Hall–Kier alpha value is -2.75. The third-order valence-electron chi connectivity index (χ3n) is 5.06. The summed E-state index contributed by atoms with van der Waals surface area (Å²) in [6, 6.07) is 13.1. The minimum atomic E-state index is -0.149. The van der Waals surface area contributed by atoms with E-state index in [1.54, 1.807) is 37.5 Å². The molecule has 0 amide bonds. The molecule has 0 unspecified atom stereocenters. The molecule has 0 radical (unpaired) electrons. The number of benzene rings is 2. The molecule has 3 N–H and O–H groups in total. The number of fused-ring (bicyclic) bond motifs is 1. The van der Waals surface area contributed by atoms with Crippen LogP contribution in [0.1, 0.15) is 48.2 Å². The van der Waals surface area contributed by atoms with Gasteiger partial charge in [0.05, 0.1) is 12.6 Å². The predicted octanol–water partition coefficient (Wildman–Crippen LogP) is 4.12. The zero-order chi connectivity index (χ0) is 18.0. The molecule has 2 aromatic carbocycles. The Labute approximate surface area is 148 Å². The maximum absolute atomic E-state index is 12.7. The highest BCUT2D eigenvalue weighted by atomic mass is 16.5. The molecular formula is C21H24N2O2. The second-order valence-corrected chi connectivity index (χ2v) is 6.37. The summed E-state index contributed by atoms with van der Waals surface area (Å²) in [5, 5.41) is 3.59. The minimum absolute atomic E-state index is 0.0634. The first-order valence-corrected chi connectivity index (χ1v) is 8.61. The lowest BCUT2D eigenvalue weighted by molar-refractivity contribution is 0.104. The SMILES string of the molecule is CCC1(CC)N/C(=C\C(=O)c2cccc(N)c2)c2cc(OC)ccc21. The van der Waals surface area contributed by atoms with Crippen molar-refractivity contribution in [3.8, 4) is 5.75 Å². The van der Waals surface area contributed by atoms with E-state index in [-0.39, 0.29) is 11.3 Å². The maximum Gasteiger partial charge on any atom is 0.187 e. The standard InChI is InChI=1S/C21H24N2O2/c1-4-21(5-2)18-10-9-16(25-3)12-17(18)19(23-21)13-20(24)14-7-6-8-15(22)11-14/h6-13,23H,4-5,22H2,1-3H3/b19-13-. The van der Waals surface area contributed by atoms with E-state index in [0.29, 0.717) is 11.3 Å². The molecule has 3 rings (SSSR count). The van der Waals surface area contributed by atoms with Crippen molar-refractivity contribution in [1.29, 1.82) is 0 Å². The lowest BCUT2D eigenvalue weighted by Crippen LogP contribution is -2.34. The van der Waals surface area contributed by atoms with Crippen molar-refractivity contribution in [3.05, 3.63) is 65.2 Å². The van der Waals surface area contributed by atoms with Gasteiger partial charge < -0.3 is 15.8 Å². The Morgan fingerprint density at radius 3 is 2.60 bits per heavy atom. The second kappa shape index (κ2) is 6.63. The Kier molecular flexibility index (Phi) is 4.53. The summed E-state index contributed by atoms with van der Waals surface area (Å²) < 4.78 is 5.37. The monoisotopic (exact) mass is 336 g/mol. The van der Waals surface area contributed by atoms with E-state index in [1.165, 1.54) is 5.56 Å². The highest BCUT2D eigenvalue weighted by molar-refractivity contribution is 6.09. The first-order chi connectivity index (χ1) is 12.0. The van der Waals surface area contributed by atoms with Crippen molar-refractivity contribution < 1.29 is 9.53 Å². The summed E-state index contributed by atoms with van der Waals surface area (Å²) in [5.74, 6) is 0.720. The number of carbonyl (C=O) groups excluding carboxylic acids is 1. The van der Waals surface area contributed by atoms with Gasteiger partial charge in [-0.15, -0.1) is 0 Å². The summed E-state index contributed by atoms with van der Waals surface area (Å²) in [6.45, 7) is 4.32. The molecular weight excluding hydrogens is 312 g/mol. The van der Waals surface area contributed by atoms with Crippen LogP contribution in [0.2, 0.25) is 0 Å². The fourth-order valence-electron chi connectivity index (χ4n) is 3.51. The van der Waals surface area contributed by atoms with Gasteiger partial charge in [0.2, 0.25) is 0 Å². The number of anilines is 1. The summed E-state index contributed by atoms with van der Waals surface area (Å²) in [7, 11) is 1.65. The molecule has 0 bridgehead atoms. The minimum Gasteiger partial charge on any atom is -0.497 e. The quantitative estimate of drug-likeness (QED) is 0.490. The number of ketones is 1. The van der Waals surface area contributed by atoms with Crippen LogP contribution in [0, 0.1) is 0 Å². The summed E-state index contributed by atoms with van der Waals surface area (Å²) in [5.41, 5.74) is 9.90. The van der Waals surface area contributed by atoms with E-state index in [9.17, 15) is 4.79 Å². The zero-order valence-corrected chi connectivity index (χ0v) is 14.9. The van der Waals surface area contributed by atoms with Gasteiger partial charge in [0.15, 0.2) is 5.78 Å². The average molecular weight is 336 g/mol. The second-order valence-electron chi connectivity index (χ2n) is 6.37. The van der Waals surface area contributed by atoms with E-state index < -0.39 is 0 Å². The van der Waals surface area contributed by atoms with E-state index in [4.69, 9.17) is 10.5 Å². The first-order valence-electron chi connectivity index (χ1n) is 8.61. The van der Waals surface area contributed by atoms with Crippen LogP contribution < -0.4 is 15.8 Å². The molecule has 0 saturated carbocycles. The first kappa shape index (κ1) is 17.1. The maximum atomic E-state index is 12.7. The van der Waals surface area contributed by atoms with E-state index in [0.717, 1.165) is 29.9 Å². The van der Waals surface area contributed by atoms with Crippen LogP contribution in [-0.4, -0.2) is 12.9 Å². The van der Waals surface area contributed by atoms with Crippen LogP contribution in [0.15, 0.2) is 48.5 Å². The van der Waals surface area contributed by atoms with Crippen molar-refractivity contribution in [1.82, 2.24) is 5.32 Å². The molecule has 130 valence electrons. The molecule has 0 fully saturated rings. The molecule has 4 heteroatoms. The third-order valence-corrected chi connectivity index (χ3v) is 5.06. The fourth-order valence-corrected chi connectivity index (χ4v) is 3.51. The van der Waals surface area contributed by atoms with Gasteiger partial charge in [-0.25, -0.2) is 0 Å². The molecule has 0 aliphatic carbocycles. The molecule has 0 saturated heterocycles. The molecule has 25 heavy (non-hydrogen) atoms. The number of methoxy groups -OCH3 is 1. The number of hydrogen-bond acceptors (Lipinski definition) is 4. The van der Waals surface area contributed by atoms with Crippen molar-refractivity contribution in [2.24, 2.45) is 0 Å². The number of allylic oxidation sites excluding steroid dienone is 1. The van der Waals surface area contributed by atoms with Crippen LogP contribution in [-0.2, 0) is 5.54 Å². The molecule has 1 aliphatic rings. The molecule has 1 heterocycles. The van der Waals surface area contributed by atoms with Gasteiger partial charge in [-0.05, 0) is 42.7 Å². The van der Waals surface area contributed by atoms with Crippen LogP contribution in [0.4, 0.5) is 5.69 Å². The molecule has 0 aromatic heterocycles. The molecule has 0 atom stereocenters. The number of nitrogens with two attached hydrogens (primary N) is 1. The molecule has 4 nitrogen and oxygen atoms in total. The number of hydrogen-bond donors (Lipinski definition) is 2. The van der Waals surface area contributed by atoms with Crippen LogP contribution >= 0.6 is 0 Å². The van der Waals surface area contributed by atoms with Crippen molar-refractivity contribution in [2.45, 2.75) is 32.2 Å². The fraction of sp³-hybridized carbons (Fsp3) is 0.286. The topological polar surface area (TPSA) is 64.4 Å². The number of carbonyl (C=O) groups is 1.